The molecule has 2 N–H and O–H groups in total. The zero-order chi connectivity index (χ0) is 16.1. The van der Waals surface area contributed by atoms with E-state index in [1.807, 2.05) is 0 Å². The minimum Gasteiger partial charge on any atom is -0.493 e. The Labute approximate surface area is 141 Å². The van der Waals surface area contributed by atoms with Crippen molar-refractivity contribution >= 4 is 34.8 Å². The fourth-order valence-electron chi connectivity index (χ4n) is 1.87. The van der Waals surface area contributed by atoms with Gasteiger partial charge in [-0.15, -0.1) is 0 Å². The second kappa shape index (κ2) is 7.26. The second-order valence-electron chi connectivity index (χ2n) is 4.50. The van der Waals surface area contributed by atoms with Crippen LogP contribution in [0.1, 0.15) is 26.3 Å². The highest BCUT2D eigenvalue weighted by atomic mass is 127. The number of rotatable bonds is 6. The summed E-state index contributed by atoms with van der Waals surface area (Å²) in [5.74, 6) is 0.614. The van der Waals surface area contributed by atoms with Gasteiger partial charge >= 0.3 is 0 Å². The average Bonchev–Trinajstić information content (AvgIpc) is 2.53. The molecule has 0 bridgehead atoms. The van der Waals surface area contributed by atoms with Crippen molar-refractivity contribution in [2.45, 2.75) is 6.61 Å². The van der Waals surface area contributed by atoms with E-state index in [0.717, 1.165) is 15.4 Å². The van der Waals surface area contributed by atoms with Crippen LogP contribution in [0.25, 0.3) is 0 Å². The van der Waals surface area contributed by atoms with Crippen LogP contribution in [-0.4, -0.2) is 19.3 Å². The Balaban J connectivity index is 2.17. The van der Waals surface area contributed by atoms with E-state index in [0.29, 0.717) is 29.2 Å². The van der Waals surface area contributed by atoms with E-state index >= 15 is 0 Å². The molecule has 0 spiro atoms. The number of benzene rings is 2. The van der Waals surface area contributed by atoms with Gasteiger partial charge in [0.15, 0.2) is 11.5 Å². The van der Waals surface area contributed by atoms with Gasteiger partial charge in [-0.1, -0.05) is 12.1 Å². The van der Waals surface area contributed by atoms with Gasteiger partial charge in [-0.25, -0.2) is 0 Å². The van der Waals surface area contributed by atoms with Crippen molar-refractivity contribution in [3.63, 3.8) is 0 Å². The number of aldehydes is 1. The van der Waals surface area contributed by atoms with Crippen LogP contribution >= 0.6 is 22.6 Å². The van der Waals surface area contributed by atoms with Gasteiger partial charge < -0.3 is 15.2 Å². The molecule has 0 aliphatic rings. The molecule has 5 nitrogen and oxygen atoms in total. The number of ether oxygens (including phenoxy) is 2. The van der Waals surface area contributed by atoms with Crippen molar-refractivity contribution in [3.8, 4) is 11.5 Å². The molecule has 1 amide bonds. The first-order chi connectivity index (χ1) is 10.5. The topological polar surface area (TPSA) is 78.6 Å². The van der Waals surface area contributed by atoms with Gasteiger partial charge in [-0.3, -0.25) is 9.59 Å². The first-order valence-corrected chi connectivity index (χ1v) is 7.47. The highest BCUT2D eigenvalue weighted by Gasteiger charge is 2.12. The number of methoxy groups -OCH3 is 1. The average molecular weight is 411 g/mol. The minimum atomic E-state index is -0.465. The van der Waals surface area contributed by atoms with Crippen LogP contribution in [0, 0.1) is 3.57 Å². The predicted octanol–water partition coefficient (Wildman–Crippen LogP) is 2.79. The number of hydrogen-bond donors (Lipinski definition) is 1. The van der Waals surface area contributed by atoms with Gasteiger partial charge in [0.05, 0.1) is 10.7 Å². The van der Waals surface area contributed by atoms with Gasteiger partial charge in [-0.2, -0.15) is 0 Å². The molecule has 0 aliphatic carbocycles. The summed E-state index contributed by atoms with van der Waals surface area (Å²) in [6.45, 7) is 0.311. The third-order valence-corrected chi connectivity index (χ3v) is 3.81. The highest BCUT2D eigenvalue weighted by molar-refractivity contribution is 14.1. The molecule has 0 aromatic heterocycles. The van der Waals surface area contributed by atoms with E-state index < -0.39 is 5.91 Å². The number of carbonyl (C=O) groups is 2. The summed E-state index contributed by atoms with van der Waals surface area (Å²) in [6.07, 6.45) is 0.761. The maximum absolute atomic E-state index is 11.0. The Kier molecular flexibility index (Phi) is 5.37. The summed E-state index contributed by atoms with van der Waals surface area (Å²) in [5, 5.41) is 0. The number of amides is 1. The third kappa shape index (κ3) is 3.76. The normalized spacial score (nSPS) is 10.1. The molecule has 2 rings (SSSR count). The van der Waals surface area contributed by atoms with Crippen LogP contribution in [-0.2, 0) is 6.61 Å². The molecule has 0 radical (unpaired) electrons. The molecule has 22 heavy (non-hydrogen) atoms. The summed E-state index contributed by atoms with van der Waals surface area (Å²) in [5.41, 5.74) is 7.07. The lowest BCUT2D eigenvalue weighted by Crippen LogP contribution is -2.10. The van der Waals surface area contributed by atoms with Crippen molar-refractivity contribution in [2.24, 2.45) is 5.73 Å². The Morgan fingerprint density at radius 3 is 2.50 bits per heavy atom. The quantitative estimate of drug-likeness (QED) is 0.586. The number of primary amides is 1. The van der Waals surface area contributed by atoms with Crippen molar-refractivity contribution in [1.82, 2.24) is 0 Å². The van der Waals surface area contributed by atoms with Crippen LogP contribution in [0.5, 0.6) is 11.5 Å². The Hall–Kier alpha value is -2.09. The minimum absolute atomic E-state index is 0.311. The number of nitrogens with two attached hydrogens (primary N) is 1. The molecule has 114 valence electrons. The lowest BCUT2D eigenvalue weighted by atomic mass is 10.1. The van der Waals surface area contributed by atoms with Crippen molar-refractivity contribution in [2.75, 3.05) is 7.11 Å². The number of halogens is 1. The van der Waals surface area contributed by atoms with Crippen LogP contribution in [0.4, 0.5) is 0 Å². The second-order valence-corrected chi connectivity index (χ2v) is 5.66. The summed E-state index contributed by atoms with van der Waals surface area (Å²) in [7, 11) is 1.52. The molecule has 0 fully saturated rings. The summed E-state index contributed by atoms with van der Waals surface area (Å²) in [4.78, 5) is 21.9. The van der Waals surface area contributed by atoms with Crippen LogP contribution < -0.4 is 15.2 Å². The molecular formula is C16H14INO4. The molecule has 2 aromatic carbocycles. The molecule has 0 saturated heterocycles. The SMILES string of the molecule is COc1cc(C=O)cc(I)c1OCc1ccc(C(N)=O)cc1. The zero-order valence-electron chi connectivity index (χ0n) is 11.8. The molecule has 0 unspecified atom stereocenters. The van der Waals surface area contributed by atoms with Crippen LogP contribution in [0.2, 0.25) is 0 Å². The van der Waals surface area contributed by atoms with Gasteiger partial charge in [0.1, 0.15) is 12.9 Å². The Bertz CT molecular complexity index is 698. The molecule has 0 heterocycles. The Morgan fingerprint density at radius 1 is 1.27 bits per heavy atom. The first-order valence-electron chi connectivity index (χ1n) is 6.39. The summed E-state index contributed by atoms with van der Waals surface area (Å²) >= 11 is 2.09. The maximum Gasteiger partial charge on any atom is 0.248 e. The van der Waals surface area contributed by atoms with Gasteiger partial charge in [0.2, 0.25) is 5.91 Å². The molecule has 0 atom stereocenters. The van der Waals surface area contributed by atoms with Gasteiger partial charge in [0, 0.05) is 11.1 Å². The van der Waals surface area contributed by atoms with Gasteiger partial charge in [0.25, 0.3) is 0 Å². The van der Waals surface area contributed by atoms with E-state index in [1.54, 1.807) is 36.4 Å². The predicted molar refractivity (Wildman–Crippen MR) is 90.4 cm³/mol. The van der Waals surface area contributed by atoms with E-state index in [-0.39, 0.29) is 0 Å². The largest absolute Gasteiger partial charge is 0.493 e. The smallest absolute Gasteiger partial charge is 0.248 e. The first kappa shape index (κ1) is 16.3. The molecule has 0 saturated carbocycles. The van der Waals surface area contributed by atoms with E-state index in [9.17, 15) is 9.59 Å². The van der Waals surface area contributed by atoms with E-state index in [2.05, 4.69) is 22.6 Å². The molecular weight excluding hydrogens is 397 g/mol. The molecule has 0 aliphatic heterocycles. The fraction of sp³-hybridized carbons (Fsp3) is 0.125. The van der Waals surface area contributed by atoms with Crippen LogP contribution in [0.15, 0.2) is 36.4 Å². The highest BCUT2D eigenvalue weighted by Crippen LogP contribution is 2.34. The number of hydrogen-bond acceptors (Lipinski definition) is 4. The van der Waals surface area contributed by atoms with E-state index in [4.69, 9.17) is 15.2 Å². The van der Waals surface area contributed by atoms with Crippen molar-refractivity contribution in [3.05, 3.63) is 56.7 Å². The van der Waals surface area contributed by atoms with Gasteiger partial charge in [-0.05, 0) is 52.4 Å². The lowest BCUT2D eigenvalue weighted by molar-refractivity contribution is 0.0999. The monoisotopic (exact) mass is 411 g/mol. The van der Waals surface area contributed by atoms with Crippen LogP contribution in [0.3, 0.4) is 0 Å². The maximum atomic E-state index is 11.0. The molecule has 6 heteroatoms. The van der Waals surface area contributed by atoms with E-state index in [1.165, 1.54) is 7.11 Å². The van der Waals surface area contributed by atoms with Crippen molar-refractivity contribution < 1.29 is 19.1 Å². The lowest BCUT2D eigenvalue weighted by Gasteiger charge is -2.13. The third-order valence-electron chi connectivity index (χ3n) is 3.01. The standard InChI is InChI=1S/C16H14INO4/c1-21-14-7-11(8-19)6-13(17)15(14)22-9-10-2-4-12(5-3-10)16(18)20/h2-8H,9H2,1H3,(H2,18,20). The fourth-order valence-corrected chi connectivity index (χ4v) is 2.65. The zero-order valence-corrected chi connectivity index (χ0v) is 14.0. The Morgan fingerprint density at radius 2 is 1.95 bits per heavy atom. The van der Waals surface area contributed by atoms with Crippen molar-refractivity contribution in [1.29, 1.82) is 0 Å². The molecule has 2 aromatic rings. The summed E-state index contributed by atoms with van der Waals surface area (Å²) in [6, 6.07) is 10.2. The summed E-state index contributed by atoms with van der Waals surface area (Å²) < 4.78 is 11.8. The number of carbonyl (C=O) groups excluding carboxylic acids is 2.